The summed E-state index contributed by atoms with van der Waals surface area (Å²) in [7, 11) is 1.66. The zero-order valence-electron chi connectivity index (χ0n) is 12.1. The first kappa shape index (κ1) is 14.4. The molecule has 0 fully saturated rings. The molecule has 0 aliphatic heterocycles. The van der Waals surface area contributed by atoms with Crippen LogP contribution in [0.15, 0.2) is 28.8 Å². The molecule has 5 nitrogen and oxygen atoms in total. The summed E-state index contributed by atoms with van der Waals surface area (Å²) in [5, 5.41) is 7.20. The predicted molar refractivity (Wildman–Crippen MR) is 75.9 cm³/mol. The third-order valence-corrected chi connectivity index (χ3v) is 2.89. The molecule has 1 heterocycles. The van der Waals surface area contributed by atoms with Gasteiger partial charge in [0.25, 0.3) is 0 Å². The van der Waals surface area contributed by atoms with Crippen molar-refractivity contribution in [1.82, 2.24) is 10.5 Å². The van der Waals surface area contributed by atoms with Crippen LogP contribution in [0.5, 0.6) is 11.5 Å². The fourth-order valence-corrected chi connectivity index (χ4v) is 1.86. The van der Waals surface area contributed by atoms with Crippen molar-refractivity contribution in [3.8, 4) is 11.5 Å². The number of hydrogen-bond donors (Lipinski definition) is 1. The molecule has 0 saturated carbocycles. The number of rotatable bonds is 7. The molecule has 108 valence electrons. The summed E-state index contributed by atoms with van der Waals surface area (Å²) in [6.45, 7) is 5.96. The van der Waals surface area contributed by atoms with E-state index in [-0.39, 0.29) is 0 Å². The third kappa shape index (κ3) is 3.74. The monoisotopic (exact) mass is 276 g/mol. The van der Waals surface area contributed by atoms with Gasteiger partial charge in [0, 0.05) is 18.2 Å². The highest BCUT2D eigenvalue weighted by Crippen LogP contribution is 2.25. The first-order valence-corrected chi connectivity index (χ1v) is 6.65. The summed E-state index contributed by atoms with van der Waals surface area (Å²) in [5.41, 5.74) is 1.85. The van der Waals surface area contributed by atoms with Crippen molar-refractivity contribution >= 4 is 0 Å². The second kappa shape index (κ2) is 6.96. The van der Waals surface area contributed by atoms with Crippen LogP contribution in [0, 0.1) is 6.92 Å². The number of benzene rings is 1. The van der Waals surface area contributed by atoms with E-state index in [2.05, 4.69) is 17.4 Å². The SMILES string of the molecule is CCNCc1cc(OC)ccc1OCc1cc(C)on1. The molecule has 0 unspecified atom stereocenters. The minimum absolute atomic E-state index is 0.392. The molecule has 1 N–H and O–H groups in total. The molecule has 0 spiro atoms. The molecule has 2 aromatic rings. The summed E-state index contributed by atoms with van der Waals surface area (Å²) in [6.07, 6.45) is 0. The molecule has 0 aliphatic rings. The normalized spacial score (nSPS) is 10.6. The van der Waals surface area contributed by atoms with E-state index in [4.69, 9.17) is 14.0 Å². The van der Waals surface area contributed by atoms with E-state index in [9.17, 15) is 0 Å². The van der Waals surface area contributed by atoms with E-state index in [1.807, 2.05) is 31.2 Å². The number of aryl methyl sites for hydroxylation is 1. The molecule has 1 aromatic heterocycles. The Labute approximate surface area is 118 Å². The number of ether oxygens (including phenoxy) is 2. The van der Waals surface area contributed by atoms with Crippen LogP contribution < -0.4 is 14.8 Å². The van der Waals surface area contributed by atoms with E-state index in [1.54, 1.807) is 7.11 Å². The van der Waals surface area contributed by atoms with E-state index < -0.39 is 0 Å². The maximum Gasteiger partial charge on any atom is 0.134 e. The molecule has 0 atom stereocenters. The lowest BCUT2D eigenvalue weighted by Gasteiger charge is -2.12. The van der Waals surface area contributed by atoms with E-state index >= 15 is 0 Å². The average molecular weight is 276 g/mol. The van der Waals surface area contributed by atoms with Crippen molar-refractivity contribution in [2.24, 2.45) is 0 Å². The lowest BCUT2D eigenvalue weighted by atomic mass is 10.2. The van der Waals surface area contributed by atoms with Crippen molar-refractivity contribution in [2.45, 2.75) is 27.0 Å². The number of nitrogens with one attached hydrogen (secondary N) is 1. The van der Waals surface area contributed by atoms with Gasteiger partial charge >= 0.3 is 0 Å². The highest BCUT2D eigenvalue weighted by Gasteiger charge is 2.07. The Bertz CT molecular complexity index is 552. The zero-order chi connectivity index (χ0) is 14.4. The lowest BCUT2D eigenvalue weighted by Crippen LogP contribution is -2.13. The predicted octanol–water partition coefficient (Wildman–Crippen LogP) is 2.68. The summed E-state index contributed by atoms with van der Waals surface area (Å²) in [6, 6.07) is 7.65. The molecule has 5 heteroatoms. The topological polar surface area (TPSA) is 56.5 Å². The minimum atomic E-state index is 0.392. The fourth-order valence-electron chi connectivity index (χ4n) is 1.86. The molecule has 0 bridgehead atoms. The molecule has 2 rings (SSSR count). The molecule has 20 heavy (non-hydrogen) atoms. The van der Waals surface area contributed by atoms with Crippen LogP contribution in [0.3, 0.4) is 0 Å². The van der Waals surface area contributed by atoms with Gasteiger partial charge in [-0.2, -0.15) is 0 Å². The summed E-state index contributed by atoms with van der Waals surface area (Å²) < 4.78 is 16.1. The standard InChI is InChI=1S/C15H20N2O3/c1-4-16-9-12-8-14(18-3)5-6-15(12)19-10-13-7-11(2)20-17-13/h5-8,16H,4,9-10H2,1-3H3. The Balaban J connectivity index is 2.08. The number of hydrogen-bond acceptors (Lipinski definition) is 5. The summed E-state index contributed by atoms with van der Waals surface area (Å²) in [5.74, 6) is 2.43. The van der Waals surface area contributed by atoms with Gasteiger partial charge in [0.1, 0.15) is 29.6 Å². The van der Waals surface area contributed by atoms with Crippen molar-refractivity contribution in [2.75, 3.05) is 13.7 Å². The van der Waals surface area contributed by atoms with Gasteiger partial charge < -0.3 is 19.3 Å². The second-order valence-electron chi connectivity index (χ2n) is 4.47. The van der Waals surface area contributed by atoms with E-state index in [0.717, 1.165) is 41.6 Å². The Kier molecular flexibility index (Phi) is 5.01. The molecule has 0 saturated heterocycles. The van der Waals surface area contributed by atoms with Gasteiger partial charge in [0.15, 0.2) is 0 Å². The van der Waals surface area contributed by atoms with Crippen LogP contribution in [0.25, 0.3) is 0 Å². The molecular formula is C15H20N2O3. The van der Waals surface area contributed by atoms with Gasteiger partial charge in [-0.15, -0.1) is 0 Å². The molecule has 0 aliphatic carbocycles. The largest absolute Gasteiger partial charge is 0.497 e. The second-order valence-corrected chi connectivity index (χ2v) is 4.47. The quantitative estimate of drug-likeness (QED) is 0.842. The van der Waals surface area contributed by atoms with Crippen molar-refractivity contribution in [3.63, 3.8) is 0 Å². The maximum atomic E-state index is 5.82. The first-order chi connectivity index (χ1) is 9.72. The molecule has 0 radical (unpaired) electrons. The van der Waals surface area contributed by atoms with Gasteiger partial charge in [0.2, 0.25) is 0 Å². The Morgan fingerprint density at radius 2 is 2.15 bits per heavy atom. The van der Waals surface area contributed by atoms with Crippen molar-refractivity contribution < 1.29 is 14.0 Å². The van der Waals surface area contributed by atoms with Gasteiger partial charge in [-0.1, -0.05) is 12.1 Å². The number of nitrogens with zero attached hydrogens (tertiary/aromatic N) is 1. The average Bonchev–Trinajstić information content (AvgIpc) is 2.89. The highest BCUT2D eigenvalue weighted by atomic mass is 16.5. The van der Waals surface area contributed by atoms with Crippen LogP contribution in [0.4, 0.5) is 0 Å². The number of aromatic nitrogens is 1. The van der Waals surface area contributed by atoms with Crippen molar-refractivity contribution in [3.05, 3.63) is 41.3 Å². The van der Waals surface area contributed by atoms with Gasteiger partial charge in [-0.05, 0) is 31.7 Å². The minimum Gasteiger partial charge on any atom is -0.497 e. The Morgan fingerprint density at radius 1 is 1.30 bits per heavy atom. The van der Waals surface area contributed by atoms with Gasteiger partial charge in [-0.3, -0.25) is 0 Å². The van der Waals surface area contributed by atoms with Crippen LogP contribution in [0.2, 0.25) is 0 Å². The molecule has 1 aromatic carbocycles. The van der Waals surface area contributed by atoms with Crippen molar-refractivity contribution in [1.29, 1.82) is 0 Å². The summed E-state index contributed by atoms with van der Waals surface area (Å²) in [4.78, 5) is 0. The fraction of sp³-hybridized carbons (Fsp3) is 0.400. The van der Waals surface area contributed by atoms with Gasteiger partial charge in [-0.25, -0.2) is 0 Å². The van der Waals surface area contributed by atoms with Crippen LogP contribution in [-0.4, -0.2) is 18.8 Å². The maximum absolute atomic E-state index is 5.82. The molecular weight excluding hydrogens is 256 g/mol. The Hall–Kier alpha value is -2.01. The Morgan fingerprint density at radius 3 is 2.80 bits per heavy atom. The molecule has 0 amide bonds. The smallest absolute Gasteiger partial charge is 0.134 e. The van der Waals surface area contributed by atoms with Crippen LogP contribution in [0.1, 0.15) is 23.9 Å². The van der Waals surface area contributed by atoms with E-state index in [1.165, 1.54) is 0 Å². The van der Waals surface area contributed by atoms with Crippen LogP contribution in [-0.2, 0) is 13.2 Å². The lowest BCUT2D eigenvalue weighted by molar-refractivity contribution is 0.284. The first-order valence-electron chi connectivity index (χ1n) is 6.65. The summed E-state index contributed by atoms with van der Waals surface area (Å²) >= 11 is 0. The highest BCUT2D eigenvalue weighted by molar-refractivity contribution is 5.40. The zero-order valence-corrected chi connectivity index (χ0v) is 12.1. The number of methoxy groups -OCH3 is 1. The third-order valence-electron chi connectivity index (χ3n) is 2.89. The van der Waals surface area contributed by atoms with Gasteiger partial charge in [0.05, 0.1) is 7.11 Å². The van der Waals surface area contributed by atoms with Crippen LogP contribution >= 0.6 is 0 Å². The van der Waals surface area contributed by atoms with E-state index in [0.29, 0.717) is 6.61 Å².